The van der Waals surface area contributed by atoms with Gasteiger partial charge in [-0.3, -0.25) is 4.79 Å². The van der Waals surface area contributed by atoms with Gasteiger partial charge >= 0.3 is 5.97 Å². The van der Waals surface area contributed by atoms with Crippen LogP contribution in [0, 0.1) is 11.7 Å². The van der Waals surface area contributed by atoms with Crippen LogP contribution in [0.1, 0.15) is 57.9 Å². The molecule has 1 heterocycles. The van der Waals surface area contributed by atoms with Gasteiger partial charge in [-0.25, -0.2) is 9.18 Å². The van der Waals surface area contributed by atoms with Crippen LogP contribution in [0.3, 0.4) is 0 Å². The number of carbonyl (C=O) groups is 1. The van der Waals surface area contributed by atoms with Gasteiger partial charge in [0.15, 0.2) is 8.32 Å². The van der Waals surface area contributed by atoms with E-state index in [0.29, 0.717) is 12.1 Å². The van der Waals surface area contributed by atoms with Crippen molar-refractivity contribution in [3.05, 3.63) is 44.4 Å². The number of hydrogen-bond donors (Lipinski definition) is 0. The molecule has 0 radical (unpaired) electrons. The number of pyridine rings is 1. The van der Waals surface area contributed by atoms with Crippen molar-refractivity contribution in [3.63, 3.8) is 0 Å². The fourth-order valence-corrected chi connectivity index (χ4v) is 4.44. The van der Waals surface area contributed by atoms with Gasteiger partial charge in [-0.05, 0) is 59.0 Å². The van der Waals surface area contributed by atoms with Crippen LogP contribution in [0.5, 0.6) is 0 Å². The van der Waals surface area contributed by atoms with E-state index in [1.165, 1.54) is 18.3 Å². The maximum atomic E-state index is 14.5. The maximum absolute atomic E-state index is 14.5. The van der Waals surface area contributed by atoms with Crippen molar-refractivity contribution in [3.8, 4) is 0 Å². The largest absolute Gasteiger partial charge is 0.462 e. The molecule has 172 valence electrons. The van der Waals surface area contributed by atoms with Gasteiger partial charge in [0, 0.05) is 11.6 Å². The fraction of sp³-hybridized carbons (Fsp3) is 0.565. The number of esters is 1. The van der Waals surface area contributed by atoms with Crippen molar-refractivity contribution in [2.75, 3.05) is 13.2 Å². The maximum Gasteiger partial charge on any atom is 0.343 e. The standard InChI is InChI=1S/C23H33BrFNO4Si/c1-9-29-22(28)16-12-26(19-11-18(25)17(24)10-15(19)21(16)27)20(14(2)3)13-30-31(7,8)23(4,5)6/h10-12,14,20H,9,13H2,1-8H3. The molecule has 0 amide bonds. The van der Waals surface area contributed by atoms with Crippen LogP contribution in [0.2, 0.25) is 18.1 Å². The van der Waals surface area contributed by atoms with E-state index in [2.05, 4.69) is 49.8 Å². The van der Waals surface area contributed by atoms with Gasteiger partial charge in [0.2, 0.25) is 5.43 Å². The average Bonchev–Trinajstić information content (AvgIpc) is 2.64. The Labute approximate surface area is 193 Å². The second-order valence-corrected chi connectivity index (χ2v) is 15.3. The monoisotopic (exact) mass is 513 g/mol. The van der Waals surface area contributed by atoms with Gasteiger partial charge in [-0.1, -0.05) is 34.6 Å². The summed E-state index contributed by atoms with van der Waals surface area (Å²) in [5.41, 5.74) is -0.111. The molecule has 1 unspecified atom stereocenters. The molecule has 8 heteroatoms. The van der Waals surface area contributed by atoms with E-state index < -0.39 is 25.5 Å². The lowest BCUT2D eigenvalue weighted by Crippen LogP contribution is -2.42. The van der Waals surface area contributed by atoms with Crippen LogP contribution in [0.15, 0.2) is 27.6 Å². The summed E-state index contributed by atoms with van der Waals surface area (Å²) < 4.78 is 28.0. The predicted octanol–water partition coefficient (Wildman–Crippen LogP) is 6.30. The fourth-order valence-electron chi connectivity index (χ4n) is 3.08. The van der Waals surface area contributed by atoms with E-state index in [1.807, 2.05) is 13.8 Å². The van der Waals surface area contributed by atoms with Gasteiger partial charge in [0.1, 0.15) is 11.4 Å². The third-order valence-corrected chi connectivity index (χ3v) is 11.2. The topological polar surface area (TPSA) is 57.5 Å². The van der Waals surface area contributed by atoms with Crippen molar-refractivity contribution in [2.45, 2.75) is 65.7 Å². The second kappa shape index (κ2) is 9.54. The predicted molar refractivity (Wildman–Crippen MR) is 129 cm³/mol. The van der Waals surface area contributed by atoms with E-state index in [1.54, 1.807) is 11.5 Å². The number of aromatic nitrogens is 1. The highest BCUT2D eigenvalue weighted by atomic mass is 79.9. The van der Waals surface area contributed by atoms with Crippen molar-refractivity contribution >= 4 is 41.1 Å². The highest BCUT2D eigenvalue weighted by Crippen LogP contribution is 2.38. The van der Waals surface area contributed by atoms with Crippen LogP contribution >= 0.6 is 15.9 Å². The Morgan fingerprint density at radius 1 is 1.26 bits per heavy atom. The molecule has 1 atom stereocenters. The number of carbonyl (C=O) groups excluding carboxylic acids is 1. The summed E-state index contributed by atoms with van der Waals surface area (Å²) >= 11 is 3.15. The zero-order valence-corrected chi connectivity index (χ0v) is 22.2. The molecule has 0 aliphatic carbocycles. The van der Waals surface area contributed by atoms with Crippen molar-refractivity contribution in [1.29, 1.82) is 0 Å². The zero-order chi connectivity index (χ0) is 23.7. The summed E-state index contributed by atoms with van der Waals surface area (Å²) in [6.07, 6.45) is 1.50. The number of hydrogen-bond acceptors (Lipinski definition) is 4. The molecule has 2 rings (SSSR count). The Morgan fingerprint density at radius 2 is 1.87 bits per heavy atom. The molecule has 0 aliphatic rings. The van der Waals surface area contributed by atoms with E-state index in [9.17, 15) is 14.0 Å². The molecule has 5 nitrogen and oxygen atoms in total. The Balaban J connectivity index is 2.71. The third-order valence-electron chi connectivity index (χ3n) is 6.12. The summed E-state index contributed by atoms with van der Waals surface area (Å²) in [6, 6.07) is 2.56. The van der Waals surface area contributed by atoms with Crippen LogP contribution < -0.4 is 5.43 Å². The lowest BCUT2D eigenvalue weighted by molar-refractivity contribution is 0.0523. The smallest absolute Gasteiger partial charge is 0.343 e. The first-order valence-corrected chi connectivity index (χ1v) is 14.3. The molecule has 0 aliphatic heterocycles. The number of benzene rings is 1. The molecule has 0 bridgehead atoms. The highest BCUT2D eigenvalue weighted by Gasteiger charge is 2.38. The molecule has 1 aromatic carbocycles. The minimum atomic E-state index is -2.04. The molecule has 0 spiro atoms. The summed E-state index contributed by atoms with van der Waals surface area (Å²) in [4.78, 5) is 25.5. The number of fused-ring (bicyclic) bond motifs is 1. The lowest BCUT2D eigenvalue weighted by Gasteiger charge is -2.38. The van der Waals surface area contributed by atoms with Gasteiger partial charge in [-0.2, -0.15) is 0 Å². The molecule has 2 aromatic rings. The summed E-state index contributed by atoms with van der Waals surface area (Å²) in [7, 11) is -2.04. The van der Waals surface area contributed by atoms with Crippen LogP contribution in [-0.2, 0) is 9.16 Å². The number of halogens is 2. The Kier molecular flexibility index (Phi) is 7.93. The SMILES string of the molecule is CCOC(=O)c1cn(C(CO[Si](C)(C)C(C)(C)C)C(C)C)c2cc(F)c(Br)cc2c1=O. The van der Waals surface area contributed by atoms with Crippen LogP contribution in [0.4, 0.5) is 4.39 Å². The normalized spacial score (nSPS) is 13.6. The second-order valence-electron chi connectivity index (χ2n) is 9.67. The van der Waals surface area contributed by atoms with E-state index in [-0.39, 0.29) is 39.0 Å². The lowest BCUT2D eigenvalue weighted by atomic mass is 10.0. The van der Waals surface area contributed by atoms with Crippen molar-refractivity contribution in [2.24, 2.45) is 5.92 Å². The van der Waals surface area contributed by atoms with Gasteiger partial charge in [0.05, 0.1) is 29.2 Å². The highest BCUT2D eigenvalue weighted by molar-refractivity contribution is 9.10. The Bertz CT molecular complexity index is 1030. The summed E-state index contributed by atoms with van der Waals surface area (Å²) in [5.74, 6) is -1.05. The van der Waals surface area contributed by atoms with Gasteiger partial charge in [0.25, 0.3) is 0 Å². The van der Waals surface area contributed by atoms with Crippen molar-refractivity contribution in [1.82, 2.24) is 4.57 Å². The molecular formula is C23H33BrFNO4Si. The molecular weight excluding hydrogens is 481 g/mol. The average molecular weight is 515 g/mol. The first kappa shape index (κ1) is 25.7. The molecule has 0 saturated heterocycles. The number of rotatable bonds is 7. The number of ether oxygens (including phenoxy) is 1. The van der Waals surface area contributed by atoms with E-state index in [4.69, 9.17) is 9.16 Å². The zero-order valence-electron chi connectivity index (χ0n) is 19.6. The Morgan fingerprint density at radius 3 is 2.39 bits per heavy atom. The third kappa shape index (κ3) is 5.46. The Hall–Kier alpha value is -1.51. The van der Waals surface area contributed by atoms with Gasteiger partial charge < -0.3 is 13.7 Å². The number of nitrogens with zero attached hydrogens (tertiary/aromatic N) is 1. The molecule has 0 fully saturated rings. The van der Waals surface area contributed by atoms with Gasteiger partial charge in [-0.15, -0.1) is 0 Å². The minimum Gasteiger partial charge on any atom is -0.462 e. The summed E-state index contributed by atoms with van der Waals surface area (Å²) in [6.45, 7) is 17.2. The molecule has 0 N–H and O–H groups in total. The first-order chi connectivity index (χ1) is 14.2. The molecule has 1 aromatic heterocycles. The molecule has 31 heavy (non-hydrogen) atoms. The minimum absolute atomic E-state index is 0.0349. The first-order valence-electron chi connectivity index (χ1n) is 10.6. The van der Waals surface area contributed by atoms with Crippen molar-refractivity contribution < 1.29 is 18.3 Å². The quantitative estimate of drug-likeness (QED) is 0.322. The van der Waals surface area contributed by atoms with Crippen LogP contribution in [0.25, 0.3) is 10.9 Å². The van der Waals surface area contributed by atoms with E-state index >= 15 is 0 Å². The summed E-state index contributed by atoms with van der Waals surface area (Å²) in [5, 5.41) is 0.296. The van der Waals surface area contributed by atoms with E-state index in [0.717, 1.165) is 0 Å². The van der Waals surface area contributed by atoms with Crippen LogP contribution in [-0.4, -0.2) is 32.1 Å². The molecule has 0 saturated carbocycles.